The summed E-state index contributed by atoms with van der Waals surface area (Å²) in [5.74, 6) is 0. The number of nitrogens with zero attached hydrogens (tertiary/aromatic N) is 1. The summed E-state index contributed by atoms with van der Waals surface area (Å²) in [5, 5.41) is 0.815. The van der Waals surface area contributed by atoms with E-state index in [1.165, 1.54) is 10.2 Å². The molecule has 0 spiro atoms. The second-order valence-corrected chi connectivity index (χ2v) is 9.44. The molecule has 3 rings (SSSR count). The summed E-state index contributed by atoms with van der Waals surface area (Å²) in [6, 6.07) is 3.49. The van der Waals surface area contributed by atoms with Crippen molar-refractivity contribution in [1.82, 2.24) is 3.97 Å². The fourth-order valence-corrected chi connectivity index (χ4v) is 4.91. The Hall–Kier alpha value is -1.54. The fourth-order valence-electron chi connectivity index (χ4n) is 3.18. The Morgan fingerprint density at radius 2 is 1.77 bits per heavy atom. The van der Waals surface area contributed by atoms with Crippen LogP contribution in [0.2, 0.25) is 0 Å². The van der Waals surface area contributed by atoms with E-state index in [9.17, 15) is 16.8 Å². The first kappa shape index (κ1) is 15.4. The SMILES string of the molecule is Cc1cc2c(cc1NS(C)(=O)=O)c1c(n2S(C)(=O)=O)CCC1. The van der Waals surface area contributed by atoms with Crippen molar-refractivity contribution in [3.05, 3.63) is 29.0 Å². The van der Waals surface area contributed by atoms with Crippen molar-refractivity contribution in [3.63, 3.8) is 0 Å². The van der Waals surface area contributed by atoms with Crippen molar-refractivity contribution in [2.45, 2.75) is 26.2 Å². The highest BCUT2D eigenvalue weighted by molar-refractivity contribution is 7.92. The third-order valence-corrected chi connectivity index (χ3v) is 5.62. The third kappa shape index (κ3) is 2.50. The molecule has 1 heterocycles. The van der Waals surface area contributed by atoms with Crippen molar-refractivity contribution < 1.29 is 16.8 Å². The second kappa shape index (κ2) is 4.73. The predicted octanol–water partition coefficient (Wildman–Crippen LogP) is 1.62. The largest absolute Gasteiger partial charge is 0.283 e. The smallest absolute Gasteiger partial charge is 0.236 e. The Balaban J connectivity index is 2.36. The van der Waals surface area contributed by atoms with E-state index in [2.05, 4.69) is 4.72 Å². The molecule has 0 atom stereocenters. The normalized spacial score (nSPS) is 15.2. The zero-order valence-corrected chi connectivity index (χ0v) is 14.3. The van der Waals surface area contributed by atoms with Crippen LogP contribution in [0.3, 0.4) is 0 Å². The Morgan fingerprint density at radius 1 is 1.09 bits per heavy atom. The molecule has 0 saturated carbocycles. The van der Waals surface area contributed by atoms with E-state index in [-0.39, 0.29) is 0 Å². The van der Waals surface area contributed by atoms with Gasteiger partial charge in [-0.05, 0) is 49.4 Å². The maximum absolute atomic E-state index is 12.1. The first-order chi connectivity index (χ1) is 10.1. The van der Waals surface area contributed by atoms with Gasteiger partial charge in [-0.1, -0.05) is 0 Å². The number of aromatic nitrogens is 1. The lowest BCUT2D eigenvalue weighted by Crippen LogP contribution is -2.13. The first-order valence-electron chi connectivity index (χ1n) is 6.93. The highest BCUT2D eigenvalue weighted by Gasteiger charge is 2.26. The van der Waals surface area contributed by atoms with Gasteiger partial charge in [0, 0.05) is 11.1 Å². The van der Waals surface area contributed by atoms with Crippen LogP contribution in [0, 0.1) is 6.92 Å². The summed E-state index contributed by atoms with van der Waals surface area (Å²) in [7, 11) is -6.78. The number of aryl methyl sites for hydroxylation is 2. The molecule has 1 aliphatic rings. The van der Waals surface area contributed by atoms with Crippen LogP contribution in [0.25, 0.3) is 10.9 Å². The maximum atomic E-state index is 12.1. The standard InChI is InChI=1S/C14H18N2O4S2/c1-9-7-14-11(8-12(9)15-21(2,17)18)10-5-4-6-13(10)16(14)22(3,19)20/h7-8,15H,4-6H2,1-3H3. The van der Waals surface area contributed by atoms with E-state index in [4.69, 9.17) is 0 Å². The van der Waals surface area contributed by atoms with Crippen LogP contribution in [0.15, 0.2) is 12.1 Å². The summed E-state index contributed by atoms with van der Waals surface area (Å²) < 4.78 is 51.1. The van der Waals surface area contributed by atoms with Gasteiger partial charge in [-0.15, -0.1) is 0 Å². The topological polar surface area (TPSA) is 85.2 Å². The molecular weight excluding hydrogens is 324 g/mol. The molecule has 0 unspecified atom stereocenters. The van der Waals surface area contributed by atoms with Crippen LogP contribution in [-0.4, -0.2) is 33.3 Å². The molecule has 0 aliphatic heterocycles. The summed E-state index contributed by atoms with van der Waals surface area (Å²) in [5.41, 5.74) is 3.66. The van der Waals surface area contributed by atoms with E-state index in [1.54, 1.807) is 19.1 Å². The third-order valence-electron chi connectivity index (χ3n) is 3.95. The number of rotatable bonds is 3. The average Bonchev–Trinajstić information content (AvgIpc) is 2.86. The molecule has 1 aromatic carbocycles. The molecule has 1 aliphatic carbocycles. The molecule has 22 heavy (non-hydrogen) atoms. The van der Waals surface area contributed by atoms with Crippen LogP contribution in [-0.2, 0) is 32.9 Å². The molecule has 0 radical (unpaired) electrons. The van der Waals surface area contributed by atoms with Crippen LogP contribution in [0.4, 0.5) is 5.69 Å². The van der Waals surface area contributed by atoms with Crippen molar-refractivity contribution in [2.75, 3.05) is 17.2 Å². The Kier molecular flexibility index (Phi) is 3.30. The van der Waals surface area contributed by atoms with Crippen LogP contribution in [0.1, 0.15) is 23.2 Å². The summed E-state index contributed by atoms with van der Waals surface area (Å²) >= 11 is 0. The maximum Gasteiger partial charge on any atom is 0.236 e. The molecule has 0 fully saturated rings. The van der Waals surface area contributed by atoms with E-state index in [0.717, 1.165) is 42.2 Å². The summed E-state index contributed by atoms with van der Waals surface area (Å²) in [6.07, 6.45) is 4.76. The van der Waals surface area contributed by atoms with Crippen LogP contribution >= 0.6 is 0 Å². The van der Waals surface area contributed by atoms with Gasteiger partial charge in [0.2, 0.25) is 20.0 Å². The van der Waals surface area contributed by atoms with E-state index < -0.39 is 20.0 Å². The van der Waals surface area contributed by atoms with E-state index in [1.807, 2.05) is 0 Å². The van der Waals surface area contributed by atoms with E-state index >= 15 is 0 Å². The lowest BCUT2D eigenvalue weighted by molar-refractivity contribution is 0.593. The molecular formula is C14H18N2O4S2. The molecule has 2 aromatic rings. The van der Waals surface area contributed by atoms with Gasteiger partial charge in [-0.3, -0.25) is 4.72 Å². The zero-order valence-electron chi connectivity index (χ0n) is 12.7. The minimum absolute atomic E-state index is 0.496. The van der Waals surface area contributed by atoms with E-state index in [0.29, 0.717) is 16.8 Å². The van der Waals surface area contributed by atoms with Gasteiger partial charge in [0.1, 0.15) is 0 Å². The number of sulfonamides is 1. The van der Waals surface area contributed by atoms with Gasteiger partial charge in [0.25, 0.3) is 0 Å². The first-order valence-corrected chi connectivity index (χ1v) is 10.7. The number of nitrogens with one attached hydrogen (secondary N) is 1. The van der Waals surface area contributed by atoms with Crippen molar-refractivity contribution in [2.24, 2.45) is 0 Å². The van der Waals surface area contributed by atoms with Crippen molar-refractivity contribution in [1.29, 1.82) is 0 Å². The van der Waals surface area contributed by atoms with Crippen molar-refractivity contribution in [3.8, 4) is 0 Å². The molecule has 1 aromatic heterocycles. The lowest BCUT2D eigenvalue weighted by atomic mass is 10.1. The van der Waals surface area contributed by atoms with Crippen LogP contribution < -0.4 is 4.72 Å². The molecule has 1 N–H and O–H groups in total. The number of hydrogen-bond donors (Lipinski definition) is 1. The average molecular weight is 342 g/mol. The van der Waals surface area contributed by atoms with Gasteiger partial charge >= 0.3 is 0 Å². The Labute approximate surface area is 130 Å². The molecule has 6 nitrogen and oxygen atoms in total. The van der Waals surface area contributed by atoms with Gasteiger partial charge in [-0.25, -0.2) is 20.8 Å². The monoisotopic (exact) mass is 342 g/mol. The van der Waals surface area contributed by atoms with Crippen LogP contribution in [0.5, 0.6) is 0 Å². The predicted molar refractivity (Wildman–Crippen MR) is 87.4 cm³/mol. The van der Waals surface area contributed by atoms with Gasteiger partial charge in [0.15, 0.2) is 0 Å². The lowest BCUT2D eigenvalue weighted by Gasteiger charge is -2.10. The van der Waals surface area contributed by atoms with Crippen molar-refractivity contribution >= 4 is 36.6 Å². The minimum Gasteiger partial charge on any atom is -0.283 e. The highest BCUT2D eigenvalue weighted by atomic mass is 32.2. The van der Waals surface area contributed by atoms with Gasteiger partial charge in [-0.2, -0.15) is 0 Å². The zero-order chi connectivity index (χ0) is 16.3. The number of fused-ring (bicyclic) bond motifs is 3. The fraction of sp³-hybridized carbons (Fsp3) is 0.429. The van der Waals surface area contributed by atoms with Gasteiger partial charge in [0.05, 0.1) is 23.7 Å². The van der Waals surface area contributed by atoms with Gasteiger partial charge < -0.3 is 0 Å². The number of anilines is 1. The number of hydrogen-bond acceptors (Lipinski definition) is 4. The molecule has 0 saturated heterocycles. The molecule has 120 valence electrons. The second-order valence-electron chi connectivity index (χ2n) is 5.86. The molecule has 8 heteroatoms. The summed E-state index contributed by atoms with van der Waals surface area (Å²) in [4.78, 5) is 0. The minimum atomic E-state index is -3.40. The quantitative estimate of drug-likeness (QED) is 0.918. The summed E-state index contributed by atoms with van der Waals surface area (Å²) in [6.45, 7) is 1.76. The molecule has 0 bridgehead atoms. The Bertz CT molecular complexity index is 986. The molecule has 0 amide bonds. The Morgan fingerprint density at radius 3 is 2.36 bits per heavy atom. The number of benzene rings is 1. The highest BCUT2D eigenvalue weighted by Crippen LogP contribution is 2.36.